The molecule has 1 saturated heterocycles. The number of nitrogens with zero attached hydrogens (tertiary/aromatic N) is 2. The van der Waals surface area contributed by atoms with Crippen molar-refractivity contribution in [3.05, 3.63) is 30.1 Å². The Balaban J connectivity index is 2.24. The van der Waals surface area contributed by atoms with E-state index >= 15 is 0 Å². The highest BCUT2D eigenvalue weighted by Crippen LogP contribution is 2.29. The van der Waals surface area contributed by atoms with Crippen LogP contribution in [0, 0.1) is 0 Å². The van der Waals surface area contributed by atoms with E-state index in [4.69, 9.17) is 1.37 Å². The van der Waals surface area contributed by atoms with E-state index in [2.05, 4.69) is 16.9 Å². The number of likely N-dealkylation sites (tertiary alicyclic amines) is 1. The molecule has 0 amide bonds. The fraction of sp³-hybridized carbons (Fsp3) is 0.500. The minimum absolute atomic E-state index is 0.484. The van der Waals surface area contributed by atoms with Crippen LogP contribution in [0.25, 0.3) is 0 Å². The first-order chi connectivity index (χ1) is 6.27. The lowest BCUT2D eigenvalue weighted by atomic mass is 10.1. The molecular weight excluding hydrogens is 148 g/mol. The summed E-state index contributed by atoms with van der Waals surface area (Å²) >= 11 is 0. The minimum atomic E-state index is 0.484. The molecule has 2 heteroatoms. The lowest BCUT2D eigenvalue weighted by Gasteiger charge is -2.18. The average molecular weight is 163 g/mol. The standard InChI is InChI=1S/C10H14N2/c1-12-7-3-5-10(12)9-4-2-6-11-8-9/h2,4,6,8,10H,3,5,7H2,1H3/t10-/m0/s1/i2D. The third-order valence-electron chi connectivity index (χ3n) is 2.53. The van der Waals surface area contributed by atoms with Gasteiger partial charge in [-0.15, -0.1) is 0 Å². The maximum atomic E-state index is 7.48. The summed E-state index contributed by atoms with van der Waals surface area (Å²) in [6.45, 7) is 1.16. The van der Waals surface area contributed by atoms with E-state index in [9.17, 15) is 0 Å². The molecule has 2 heterocycles. The van der Waals surface area contributed by atoms with E-state index in [1.54, 1.807) is 6.20 Å². The summed E-state index contributed by atoms with van der Waals surface area (Å²) in [7, 11) is 2.13. The molecule has 2 rings (SSSR count). The number of pyridine rings is 1. The van der Waals surface area contributed by atoms with Gasteiger partial charge in [-0.3, -0.25) is 9.88 Å². The second-order valence-electron chi connectivity index (χ2n) is 3.36. The fourth-order valence-electron chi connectivity index (χ4n) is 1.85. The smallest absolute Gasteiger partial charge is 0.0639 e. The van der Waals surface area contributed by atoms with E-state index in [0.717, 1.165) is 6.54 Å². The Morgan fingerprint density at radius 2 is 2.67 bits per heavy atom. The molecule has 1 atom stereocenters. The third kappa shape index (κ3) is 1.34. The molecule has 1 aliphatic heterocycles. The maximum absolute atomic E-state index is 7.48. The summed E-state index contributed by atoms with van der Waals surface area (Å²) in [5, 5.41) is 0. The van der Waals surface area contributed by atoms with Crippen LogP contribution in [0.1, 0.15) is 25.8 Å². The zero-order chi connectivity index (χ0) is 9.26. The topological polar surface area (TPSA) is 16.1 Å². The molecule has 0 N–H and O–H groups in total. The van der Waals surface area contributed by atoms with Crippen molar-refractivity contribution in [1.82, 2.24) is 9.88 Å². The third-order valence-corrected chi connectivity index (χ3v) is 2.53. The summed E-state index contributed by atoms with van der Waals surface area (Å²) in [6.07, 6.45) is 5.91. The molecule has 0 radical (unpaired) electrons. The van der Waals surface area contributed by atoms with Crippen LogP contribution in [0.15, 0.2) is 24.5 Å². The van der Waals surface area contributed by atoms with Gasteiger partial charge in [-0.2, -0.15) is 0 Å². The Hall–Kier alpha value is -0.890. The Kier molecular flexibility index (Phi) is 1.78. The van der Waals surface area contributed by atoms with Gasteiger partial charge in [0, 0.05) is 18.4 Å². The highest BCUT2D eigenvalue weighted by molar-refractivity contribution is 5.14. The first-order valence-electron chi connectivity index (χ1n) is 4.89. The second-order valence-corrected chi connectivity index (χ2v) is 3.36. The van der Waals surface area contributed by atoms with E-state index in [1.807, 2.05) is 12.3 Å². The molecule has 0 saturated carbocycles. The van der Waals surface area contributed by atoms with Gasteiger partial charge in [-0.05, 0) is 38.0 Å². The normalized spacial score (nSPS) is 25.8. The molecule has 1 aromatic rings. The van der Waals surface area contributed by atoms with E-state index in [1.165, 1.54) is 18.4 Å². The fourth-order valence-corrected chi connectivity index (χ4v) is 1.85. The summed E-state index contributed by atoms with van der Waals surface area (Å²) in [5.41, 5.74) is 1.19. The quantitative estimate of drug-likeness (QED) is 0.628. The van der Waals surface area contributed by atoms with Gasteiger partial charge in [0.05, 0.1) is 1.37 Å². The minimum Gasteiger partial charge on any atom is -0.299 e. The molecule has 64 valence electrons. The van der Waals surface area contributed by atoms with Crippen molar-refractivity contribution in [2.24, 2.45) is 0 Å². The number of hydrogen-bond donors (Lipinski definition) is 0. The molecule has 0 spiro atoms. The van der Waals surface area contributed by atoms with Gasteiger partial charge in [0.25, 0.3) is 0 Å². The molecule has 2 nitrogen and oxygen atoms in total. The Bertz CT molecular complexity index is 301. The molecule has 0 unspecified atom stereocenters. The van der Waals surface area contributed by atoms with Gasteiger partial charge in [0.15, 0.2) is 0 Å². The molecule has 0 bridgehead atoms. The number of aromatic nitrogens is 1. The van der Waals surface area contributed by atoms with Gasteiger partial charge in [-0.1, -0.05) is 6.07 Å². The van der Waals surface area contributed by atoms with E-state index in [0.29, 0.717) is 12.1 Å². The highest BCUT2D eigenvalue weighted by Gasteiger charge is 2.21. The first-order valence-corrected chi connectivity index (χ1v) is 4.39. The molecule has 12 heavy (non-hydrogen) atoms. The SMILES string of the molecule is [2H]c1cncc([C@@H]2CCCN2C)c1. The van der Waals surface area contributed by atoms with Crippen LogP contribution in [-0.2, 0) is 0 Å². The predicted molar refractivity (Wildman–Crippen MR) is 48.8 cm³/mol. The first kappa shape index (κ1) is 6.61. The summed E-state index contributed by atoms with van der Waals surface area (Å²) in [4.78, 5) is 6.38. The van der Waals surface area contributed by atoms with E-state index in [-0.39, 0.29) is 0 Å². The van der Waals surface area contributed by atoms with Crippen molar-refractivity contribution < 1.29 is 1.37 Å². The largest absolute Gasteiger partial charge is 0.299 e. The van der Waals surface area contributed by atoms with Crippen molar-refractivity contribution in [3.63, 3.8) is 0 Å². The van der Waals surface area contributed by atoms with Crippen LogP contribution in [0.3, 0.4) is 0 Å². The summed E-state index contributed by atoms with van der Waals surface area (Å²) < 4.78 is 7.48. The highest BCUT2D eigenvalue weighted by atomic mass is 15.1. The molecule has 1 fully saturated rings. The van der Waals surface area contributed by atoms with Crippen LogP contribution in [0.4, 0.5) is 0 Å². The predicted octanol–water partition coefficient (Wildman–Crippen LogP) is 1.85. The lowest BCUT2D eigenvalue weighted by molar-refractivity contribution is 0.317. The van der Waals surface area contributed by atoms with Crippen molar-refractivity contribution in [2.45, 2.75) is 18.9 Å². The van der Waals surface area contributed by atoms with Gasteiger partial charge in [0.1, 0.15) is 0 Å². The average Bonchev–Trinajstić information content (AvgIpc) is 2.51. The van der Waals surface area contributed by atoms with Crippen LogP contribution in [0.2, 0.25) is 0 Å². The number of hydrogen-bond acceptors (Lipinski definition) is 2. The molecule has 1 aromatic heterocycles. The zero-order valence-corrected chi connectivity index (χ0v) is 7.33. The summed E-state index contributed by atoms with van der Waals surface area (Å²) in [6, 6.07) is 2.91. The maximum Gasteiger partial charge on any atom is 0.0639 e. The Morgan fingerprint density at radius 1 is 1.75 bits per heavy atom. The summed E-state index contributed by atoms with van der Waals surface area (Å²) in [5.74, 6) is 0. The van der Waals surface area contributed by atoms with Gasteiger partial charge >= 0.3 is 0 Å². The van der Waals surface area contributed by atoms with Gasteiger partial charge < -0.3 is 0 Å². The van der Waals surface area contributed by atoms with Crippen LogP contribution < -0.4 is 0 Å². The zero-order valence-electron chi connectivity index (χ0n) is 8.33. The molecule has 0 aliphatic carbocycles. The molecule has 0 aromatic carbocycles. The second kappa shape index (κ2) is 3.23. The van der Waals surface area contributed by atoms with Crippen molar-refractivity contribution in [2.75, 3.05) is 13.6 Å². The van der Waals surface area contributed by atoms with Crippen molar-refractivity contribution in [1.29, 1.82) is 0 Å². The van der Waals surface area contributed by atoms with Gasteiger partial charge in [-0.25, -0.2) is 0 Å². The Labute approximate surface area is 74.6 Å². The van der Waals surface area contributed by atoms with Crippen LogP contribution >= 0.6 is 0 Å². The lowest BCUT2D eigenvalue weighted by Crippen LogP contribution is -2.17. The monoisotopic (exact) mass is 163 g/mol. The molecular formula is C10H14N2. The van der Waals surface area contributed by atoms with Gasteiger partial charge in [0.2, 0.25) is 0 Å². The van der Waals surface area contributed by atoms with Crippen molar-refractivity contribution >= 4 is 0 Å². The number of rotatable bonds is 1. The van der Waals surface area contributed by atoms with Crippen molar-refractivity contribution in [3.8, 4) is 0 Å². The molecule has 1 aliphatic rings. The van der Waals surface area contributed by atoms with Crippen LogP contribution in [0.5, 0.6) is 0 Å². The van der Waals surface area contributed by atoms with E-state index < -0.39 is 0 Å². The van der Waals surface area contributed by atoms with Crippen LogP contribution in [-0.4, -0.2) is 23.5 Å². The Morgan fingerprint density at radius 3 is 3.33 bits per heavy atom.